The zero-order valence-corrected chi connectivity index (χ0v) is 29.4. The summed E-state index contributed by atoms with van der Waals surface area (Å²) in [6.07, 6.45) is 0. The van der Waals surface area contributed by atoms with Gasteiger partial charge in [0.1, 0.15) is 36.3 Å². The molecule has 0 bridgehead atoms. The van der Waals surface area contributed by atoms with Crippen LogP contribution in [-0.4, -0.2) is 56.3 Å². The minimum absolute atomic E-state index is 0.153. The minimum Gasteiger partial charge on any atom is -0.490 e. The number of benzene rings is 4. The Balaban J connectivity index is 0.000000280. The lowest BCUT2D eigenvalue weighted by Gasteiger charge is -2.23. The Kier molecular flexibility index (Phi) is 13.6. The SMILES string of the molecule is Cc1c(NC(=O)C(C)(O)COc2ccc(F)c(Cl)c2)cccc1[N+](=O)[O-].Cc1c(NC(=O)C(C)(O)COc2ccc(F)c(Cl)c2)cccc1[N+](=O)[O-]. The van der Waals surface area contributed by atoms with E-state index < -0.39 is 57.7 Å². The molecular weight excluding hydrogens is 733 g/mol. The number of nitrogens with zero attached hydrogens (tertiary/aromatic N) is 2. The summed E-state index contributed by atoms with van der Waals surface area (Å²) in [5, 5.41) is 47.1. The van der Waals surface area contributed by atoms with E-state index in [0.717, 1.165) is 12.1 Å². The quantitative estimate of drug-likeness (QED) is 0.0865. The molecule has 0 spiro atoms. The smallest absolute Gasteiger partial charge is 0.274 e. The number of nitro benzene ring substituents is 2. The Morgan fingerprint density at radius 1 is 0.712 bits per heavy atom. The minimum atomic E-state index is -1.95. The van der Waals surface area contributed by atoms with Gasteiger partial charge in [0.05, 0.1) is 42.4 Å². The maximum absolute atomic E-state index is 13.1. The van der Waals surface area contributed by atoms with Gasteiger partial charge in [-0.05, 0) is 64.1 Å². The van der Waals surface area contributed by atoms with Crippen molar-refractivity contribution in [3.8, 4) is 11.5 Å². The summed E-state index contributed by atoms with van der Waals surface area (Å²) < 4.78 is 36.8. The molecule has 4 aromatic carbocycles. The van der Waals surface area contributed by atoms with Crippen LogP contribution in [-0.2, 0) is 9.59 Å². The maximum Gasteiger partial charge on any atom is 0.274 e. The van der Waals surface area contributed by atoms with Crippen molar-refractivity contribution < 1.29 is 47.9 Å². The molecule has 2 amide bonds. The largest absolute Gasteiger partial charge is 0.490 e. The number of nitrogens with one attached hydrogen (secondary N) is 2. The Bertz CT molecular complexity index is 1860. The van der Waals surface area contributed by atoms with Crippen molar-refractivity contribution in [2.24, 2.45) is 0 Å². The summed E-state index contributed by atoms with van der Waals surface area (Å²) >= 11 is 11.3. The number of aliphatic hydroxyl groups is 2. The van der Waals surface area contributed by atoms with Crippen LogP contribution in [0.1, 0.15) is 25.0 Å². The van der Waals surface area contributed by atoms with Crippen LogP contribution >= 0.6 is 23.2 Å². The Hall–Kier alpha value is -5.42. The third-order valence-corrected chi connectivity index (χ3v) is 7.88. The number of carbonyl (C=O) groups excluding carboxylic acids is 2. The number of nitro groups is 2. The third-order valence-electron chi connectivity index (χ3n) is 7.30. The molecule has 0 aliphatic carbocycles. The summed E-state index contributed by atoms with van der Waals surface area (Å²) in [5.41, 5.74) is -3.28. The van der Waals surface area contributed by atoms with Gasteiger partial charge in [-0.3, -0.25) is 29.8 Å². The molecule has 0 radical (unpaired) electrons. The second-order valence-corrected chi connectivity index (χ2v) is 12.4. The Morgan fingerprint density at radius 3 is 1.37 bits per heavy atom. The highest BCUT2D eigenvalue weighted by Gasteiger charge is 2.33. The molecular formula is C34H32Cl2F2N4O10. The predicted molar refractivity (Wildman–Crippen MR) is 188 cm³/mol. The van der Waals surface area contributed by atoms with Gasteiger partial charge in [-0.25, -0.2) is 8.78 Å². The fourth-order valence-electron chi connectivity index (χ4n) is 4.14. The van der Waals surface area contributed by atoms with Crippen LogP contribution in [0.15, 0.2) is 72.8 Å². The van der Waals surface area contributed by atoms with E-state index in [-0.39, 0.29) is 55.4 Å². The number of halogens is 4. The Labute approximate surface area is 305 Å². The van der Waals surface area contributed by atoms with E-state index in [2.05, 4.69) is 10.6 Å². The first kappa shape index (κ1) is 41.0. The van der Waals surface area contributed by atoms with Crippen LogP contribution in [0.3, 0.4) is 0 Å². The van der Waals surface area contributed by atoms with Crippen LogP contribution in [0.25, 0.3) is 0 Å². The molecule has 0 aliphatic heterocycles. The van der Waals surface area contributed by atoms with E-state index in [4.69, 9.17) is 32.7 Å². The number of carbonyl (C=O) groups is 2. The number of ether oxygens (including phenoxy) is 2. The summed E-state index contributed by atoms with van der Waals surface area (Å²) in [5.74, 6) is -2.51. The summed E-state index contributed by atoms with van der Waals surface area (Å²) in [4.78, 5) is 45.4. The average Bonchev–Trinajstić information content (AvgIpc) is 3.07. The summed E-state index contributed by atoms with van der Waals surface area (Å²) in [6.45, 7) is 4.54. The third kappa shape index (κ3) is 10.8. The van der Waals surface area contributed by atoms with Crippen molar-refractivity contribution in [2.45, 2.75) is 38.9 Å². The van der Waals surface area contributed by atoms with Gasteiger partial charge in [0.15, 0.2) is 11.2 Å². The van der Waals surface area contributed by atoms with Crippen molar-refractivity contribution in [3.05, 3.63) is 126 Å². The first-order valence-corrected chi connectivity index (χ1v) is 15.7. The number of hydrogen-bond donors (Lipinski definition) is 4. The first-order valence-electron chi connectivity index (χ1n) is 14.9. The molecule has 0 saturated heterocycles. The molecule has 52 heavy (non-hydrogen) atoms. The standard InChI is InChI=1S/2C17H16ClFN2O5/c2*1-10-14(4-3-5-15(10)21(24)25)20-16(22)17(2,23)9-26-11-6-7-13(19)12(18)8-11/h2*3-8,23H,9H2,1-2H3,(H,20,22). The molecule has 2 atom stereocenters. The molecule has 276 valence electrons. The van der Waals surface area contributed by atoms with Crippen LogP contribution in [0.4, 0.5) is 31.5 Å². The van der Waals surface area contributed by atoms with E-state index in [1.807, 2.05) is 0 Å². The zero-order chi connectivity index (χ0) is 39.0. The van der Waals surface area contributed by atoms with E-state index in [1.165, 1.54) is 88.4 Å². The van der Waals surface area contributed by atoms with Crippen molar-refractivity contribution >= 4 is 57.8 Å². The summed E-state index contributed by atoms with van der Waals surface area (Å²) in [7, 11) is 0. The van der Waals surface area contributed by atoms with Crippen LogP contribution in [0.2, 0.25) is 10.0 Å². The lowest BCUT2D eigenvalue weighted by Crippen LogP contribution is -2.45. The number of amides is 2. The van der Waals surface area contributed by atoms with Gasteiger partial charge >= 0.3 is 0 Å². The first-order chi connectivity index (χ1) is 24.2. The van der Waals surface area contributed by atoms with Crippen molar-refractivity contribution in [1.82, 2.24) is 0 Å². The Morgan fingerprint density at radius 2 is 1.06 bits per heavy atom. The second-order valence-electron chi connectivity index (χ2n) is 11.6. The number of anilines is 2. The molecule has 2 unspecified atom stereocenters. The normalized spacial score (nSPS) is 13.0. The zero-order valence-electron chi connectivity index (χ0n) is 27.9. The lowest BCUT2D eigenvalue weighted by molar-refractivity contribution is -0.385. The molecule has 4 aromatic rings. The molecule has 0 heterocycles. The van der Waals surface area contributed by atoms with Crippen molar-refractivity contribution in [2.75, 3.05) is 23.8 Å². The number of rotatable bonds is 12. The topological polar surface area (TPSA) is 203 Å². The van der Waals surface area contributed by atoms with Gasteiger partial charge < -0.3 is 30.3 Å². The van der Waals surface area contributed by atoms with E-state index in [1.54, 1.807) is 0 Å². The molecule has 0 aromatic heterocycles. The fourth-order valence-corrected chi connectivity index (χ4v) is 4.48. The van der Waals surface area contributed by atoms with Gasteiger partial charge in [0.2, 0.25) is 0 Å². The van der Waals surface area contributed by atoms with Crippen molar-refractivity contribution in [1.29, 1.82) is 0 Å². The maximum atomic E-state index is 13.1. The van der Waals surface area contributed by atoms with Gasteiger partial charge in [-0.15, -0.1) is 0 Å². The van der Waals surface area contributed by atoms with Crippen LogP contribution in [0.5, 0.6) is 11.5 Å². The molecule has 4 N–H and O–H groups in total. The van der Waals surface area contributed by atoms with Gasteiger partial charge in [-0.2, -0.15) is 0 Å². The van der Waals surface area contributed by atoms with E-state index in [0.29, 0.717) is 0 Å². The van der Waals surface area contributed by atoms with Gasteiger partial charge in [0, 0.05) is 24.3 Å². The fraction of sp³-hybridized carbons (Fsp3) is 0.235. The lowest BCUT2D eigenvalue weighted by atomic mass is 10.1. The van der Waals surface area contributed by atoms with Crippen LogP contribution in [0, 0.1) is 45.7 Å². The molecule has 14 nitrogen and oxygen atoms in total. The second kappa shape index (κ2) is 17.2. The summed E-state index contributed by atoms with van der Waals surface area (Å²) in [6, 6.07) is 15.7. The molecule has 0 fully saturated rings. The monoisotopic (exact) mass is 764 g/mol. The molecule has 4 rings (SSSR count). The molecule has 18 heteroatoms. The predicted octanol–water partition coefficient (Wildman–Crippen LogP) is 6.93. The number of hydrogen-bond acceptors (Lipinski definition) is 10. The highest BCUT2D eigenvalue weighted by Crippen LogP contribution is 2.28. The van der Waals surface area contributed by atoms with Crippen molar-refractivity contribution in [3.63, 3.8) is 0 Å². The van der Waals surface area contributed by atoms with E-state index >= 15 is 0 Å². The van der Waals surface area contributed by atoms with Gasteiger partial charge in [0.25, 0.3) is 23.2 Å². The molecule has 0 aliphatic rings. The highest BCUT2D eigenvalue weighted by molar-refractivity contribution is 6.31. The van der Waals surface area contributed by atoms with Gasteiger partial charge in [-0.1, -0.05) is 35.3 Å². The van der Waals surface area contributed by atoms with Crippen LogP contribution < -0.4 is 20.1 Å². The van der Waals surface area contributed by atoms with E-state index in [9.17, 15) is 48.8 Å². The molecule has 0 saturated carbocycles. The average molecular weight is 766 g/mol. The highest BCUT2D eigenvalue weighted by atomic mass is 35.5.